The number of carbonyl (C=O) groups is 1. The molecule has 2 heterocycles. The summed E-state index contributed by atoms with van der Waals surface area (Å²) in [6.45, 7) is 0. The third kappa shape index (κ3) is 3.35. The highest BCUT2D eigenvalue weighted by Crippen LogP contribution is 2.29. The van der Waals surface area contributed by atoms with Crippen LogP contribution in [-0.2, 0) is 12.8 Å². The molecule has 6 nitrogen and oxygen atoms in total. The summed E-state index contributed by atoms with van der Waals surface area (Å²) in [6.07, 6.45) is 7.36. The second-order valence-corrected chi connectivity index (χ2v) is 7.31. The molecule has 1 aliphatic rings. The van der Waals surface area contributed by atoms with Crippen LogP contribution < -0.4 is 10.1 Å². The van der Waals surface area contributed by atoms with Gasteiger partial charge in [-0.2, -0.15) is 5.10 Å². The average molecular weight is 368 g/mol. The van der Waals surface area contributed by atoms with Crippen molar-refractivity contribution in [2.75, 3.05) is 12.4 Å². The van der Waals surface area contributed by atoms with Crippen molar-refractivity contribution in [3.8, 4) is 11.4 Å². The molecule has 0 fully saturated rings. The quantitative estimate of drug-likeness (QED) is 0.710. The van der Waals surface area contributed by atoms with Gasteiger partial charge in [-0.25, -0.2) is 9.67 Å². The van der Waals surface area contributed by atoms with E-state index in [2.05, 4.69) is 15.4 Å². The number of hydrogen-bond donors (Lipinski definition) is 1. The van der Waals surface area contributed by atoms with Gasteiger partial charge in [0.05, 0.1) is 24.7 Å². The van der Waals surface area contributed by atoms with Crippen molar-refractivity contribution in [3.63, 3.8) is 0 Å². The number of methoxy groups -OCH3 is 1. The highest BCUT2D eigenvalue weighted by atomic mass is 32.1. The summed E-state index contributed by atoms with van der Waals surface area (Å²) in [5.41, 5.74) is 2.25. The van der Waals surface area contributed by atoms with Gasteiger partial charge in [0.1, 0.15) is 0 Å². The van der Waals surface area contributed by atoms with Gasteiger partial charge < -0.3 is 4.74 Å². The van der Waals surface area contributed by atoms with E-state index < -0.39 is 0 Å². The zero-order valence-corrected chi connectivity index (χ0v) is 15.4. The van der Waals surface area contributed by atoms with Crippen molar-refractivity contribution in [3.05, 3.63) is 52.8 Å². The van der Waals surface area contributed by atoms with E-state index in [0.717, 1.165) is 24.2 Å². The maximum absolute atomic E-state index is 12.7. The molecule has 0 atom stereocenters. The van der Waals surface area contributed by atoms with Crippen LogP contribution in [0.5, 0.6) is 5.75 Å². The molecule has 26 heavy (non-hydrogen) atoms. The van der Waals surface area contributed by atoms with Gasteiger partial charge in [-0.3, -0.25) is 10.1 Å². The summed E-state index contributed by atoms with van der Waals surface area (Å²) in [7, 11) is 1.54. The number of rotatable bonds is 4. The van der Waals surface area contributed by atoms with Gasteiger partial charge in [0.15, 0.2) is 16.6 Å². The first-order valence-electron chi connectivity index (χ1n) is 8.73. The fourth-order valence-electron chi connectivity index (χ4n) is 3.12. The highest BCUT2D eigenvalue weighted by Gasteiger charge is 2.21. The van der Waals surface area contributed by atoms with Gasteiger partial charge in [-0.15, -0.1) is 11.3 Å². The summed E-state index contributed by atoms with van der Waals surface area (Å²) in [4.78, 5) is 18.6. The number of para-hydroxylation sites is 1. The van der Waals surface area contributed by atoms with E-state index in [1.165, 1.54) is 31.2 Å². The zero-order valence-electron chi connectivity index (χ0n) is 14.6. The lowest BCUT2D eigenvalue weighted by Crippen LogP contribution is -2.14. The summed E-state index contributed by atoms with van der Waals surface area (Å²) < 4.78 is 6.99. The summed E-state index contributed by atoms with van der Waals surface area (Å²) >= 11 is 1.57. The average Bonchev–Trinajstić information content (AvgIpc) is 3.20. The molecule has 1 amide bonds. The number of benzene rings is 1. The van der Waals surface area contributed by atoms with Crippen LogP contribution in [0.25, 0.3) is 5.69 Å². The van der Waals surface area contributed by atoms with Crippen LogP contribution in [-0.4, -0.2) is 27.8 Å². The Morgan fingerprint density at radius 1 is 1.19 bits per heavy atom. The Hall–Kier alpha value is -2.67. The fraction of sp³-hybridized carbons (Fsp3) is 0.316. The van der Waals surface area contributed by atoms with E-state index in [4.69, 9.17) is 4.74 Å². The number of hydrogen-bond acceptors (Lipinski definition) is 5. The SMILES string of the molecule is COc1cn(-c2ccccc2)nc1C(=O)Nc1nc2c(s1)CCCCC2. The van der Waals surface area contributed by atoms with Crippen LogP contribution in [0.2, 0.25) is 0 Å². The number of ether oxygens (including phenoxy) is 1. The van der Waals surface area contributed by atoms with E-state index in [9.17, 15) is 4.79 Å². The Balaban J connectivity index is 1.57. The van der Waals surface area contributed by atoms with Crippen molar-refractivity contribution in [1.29, 1.82) is 0 Å². The maximum Gasteiger partial charge on any atom is 0.281 e. The lowest BCUT2D eigenvalue weighted by molar-refractivity contribution is 0.101. The lowest BCUT2D eigenvalue weighted by atomic mass is 10.2. The van der Waals surface area contributed by atoms with Gasteiger partial charge >= 0.3 is 0 Å². The number of nitrogens with zero attached hydrogens (tertiary/aromatic N) is 3. The molecule has 0 saturated heterocycles. The molecule has 1 N–H and O–H groups in total. The largest absolute Gasteiger partial charge is 0.493 e. The molecule has 1 aliphatic carbocycles. The zero-order chi connectivity index (χ0) is 17.9. The minimum absolute atomic E-state index is 0.252. The molecular formula is C19H20N4O2S. The number of fused-ring (bicyclic) bond motifs is 1. The van der Waals surface area contributed by atoms with Crippen LogP contribution >= 0.6 is 11.3 Å². The van der Waals surface area contributed by atoms with Crippen molar-refractivity contribution in [2.24, 2.45) is 0 Å². The molecule has 0 radical (unpaired) electrons. The molecular weight excluding hydrogens is 348 g/mol. The number of aryl methyl sites for hydroxylation is 2. The molecule has 134 valence electrons. The number of carbonyl (C=O) groups excluding carboxylic acids is 1. The highest BCUT2D eigenvalue weighted by molar-refractivity contribution is 7.15. The maximum atomic E-state index is 12.7. The van der Waals surface area contributed by atoms with Gasteiger partial charge in [0.25, 0.3) is 5.91 Å². The normalized spacial score (nSPS) is 13.7. The van der Waals surface area contributed by atoms with Crippen LogP contribution in [0.1, 0.15) is 40.3 Å². The number of aromatic nitrogens is 3. The van der Waals surface area contributed by atoms with Crippen LogP contribution in [0.4, 0.5) is 5.13 Å². The third-order valence-corrected chi connectivity index (χ3v) is 5.53. The Labute approximate surface area is 155 Å². The van der Waals surface area contributed by atoms with Gasteiger partial charge in [0, 0.05) is 4.88 Å². The van der Waals surface area contributed by atoms with Crippen LogP contribution in [0.3, 0.4) is 0 Å². The first kappa shape index (κ1) is 16.8. The summed E-state index contributed by atoms with van der Waals surface area (Å²) in [6, 6.07) is 9.63. The number of thiazole rings is 1. The van der Waals surface area contributed by atoms with E-state index >= 15 is 0 Å². The fourth-order valence-corrected chi connectivity index (χ4v) is 4.16. The Morgan fingerprint density at radius 2 is 2.00 bits per heavy atom. The second kappa shape index (κ2) is 7.29. The summed E-state index contributed by atoms with van der Waals surface area (Å²) in [5, 5.41) is 7.93. The minimum Gasteiger partial charge on any atom is -0.493 e. The Bertz CT molecular complexity index is 894. The predicted molar refractivity (Wildman–Crippen MR) is 101 cm³/mol. The molecule has 3 aromatic rings. The molecule has 0 spiro atoms. The smallest absolute Gasteiger partial charge is 0.281 e. The van der Waals surface area contributed by atoms with E-state index in [1.807, 2.05) is 30.3 Å². The van der Waals surface area contributed by atoms with Crippen molar-refractivity contribution in [2.45, 2.75) is 32.1 Å². The molecule has 4 rings (SSSR count). The van der Waals surface area contributed by atoms with E-state index in [-0.39, 0.29) is 11.6 Å². The van der Waals surface area contributed by atoms with Gasteiger partial charge in [-0.05, 0) is 37.8 Å². The third-order valence-electron chi connectivity index (χ3n) is 4.45. The second-order valence-electron chi connectivity index (χ2n) is 6.23. The summed E-state index contributed by atoms with van der Waals surface area (Å²) in [5.74, 6) is 0.130. The van der Waals surface area contributed by atoms with Crippen molar-refractivity contribution < 1.29 is 9.53 Å². The molecule has 0 unspecified atom stereocenters. The van der Waals surface area contributed by atoms with E-state index in [0.29, 0.717) is 10.9 Å². The number of amides is 1. The first-order valence-corrected chi connectivity index (χ1v) is 9.55. The van der Waals surface area contributed by atoms with Crippen molar-refractivity contribution in [1.82, 2.24) is 14.8 Å². The standard InChI is InChI=1S/C19H20N4O2S/c1-25-15-12-23(13-8-4-2-5-9-13)22-17(15)18(24)21-19-20-14-10-6-3-7-11-16(14)26-19/h2,4-5,8-9,12H,3,6-7,10-11H2,1H3,(H,20,21,24). The Morgan fingerprint density at radius 3 is 2.81 bits per heavy atom. The van der Waals surface area contributed by atoms with Gasteiger partial charge in [-0.1, -0.05) is 24.6 Å². The lowest BCUT2D eigenvalue weighted by Gasteiger charge is -2.01. The molecule has 0 bridgehead atoms. The Kier molecular flexibility index (Phi) is 4.71. The first-order chi connectivity index (χ1) is 12.7. The van der Waals surface area contributed by atoms with E-state index in [1.54, 1.807) is 22.2 Å². The molecule has 1 aromatic carbocycles. The van der Waals surface area contributed by atoms with Crippen LogP contribution in [0, 0.1) is 0 Å². The minimum atomic E-state index is -0.305. The molecule has 2 aromatic heterocycles. The number of nitrogens with one attached hydrogen (secondary N) is 1. The molecule has 0 aliphatic heterocycles. The van der Waals surface area contributed by atoms with Crippen LogP contribution in [0.15, 0.2) is 36.5 Å². The van der Waals surface area contributed by atoms with Crippen molar-refractivity contribution >= 4 is 22.4 Å². The van der Waals surface area contributed by atoms with Gasteiger partial charge in [0.2, 0.25) is 0 Å². The molecule has 0 saturated carbocycles. The monoisotopic (exact) mass is 368 g/mol. The predicted octanol–water partition coefficient (Wildman–Crippen LogP) is 3.86. The topological polar surface area (TPSA) is 69.0 Å². The molecule has 7 heteroatoms. The number of anilines is 1.